The van der Waals surface area contributed by atoms with Crippen molar-refractivity contribution in [3.63, 3.8) is 0 Å². The monoisotopic (exact) mass is 206 g/mol. The van der Waals surface area contributed by atoms with Crippen molar-refractivity contribution in [2.75, 3.05) is 12.0 Å². The van der Waals surface area contributed by atoms with Crippen molar-refractivity contribution in [1.82, 2.24) is 20.2 Å². The number of hydrogen-bond acceptors (Lipinski definition) is 4. The first-order valence-electron chi connectivity index (χ1n) is 3.61. The summed E-state index contributed by atoms with van der Waals surface area (Å²) in [7, 11) is 0. The Hall–Kier alpha value is -0.290. The highest BCUT2D eigenvalue weighted by Crippen LogP contribution is 2.12. The largest absolute Gasteiger partial charge is 0.225 e. The molecule has 0 aliphatic carbocycles. The number of thioether (sulfide) groups is 1. The van der Waals surface area contributed by atoms with Crippen LogP contribution in [0.15, 0.2) is 0 Å². The Morgan fingerprint density at radius 2 is 2.42 bits per heavy atom. The summed E-state index contributed by atoms with van der Waals surface area (Å²) in [5.41, 5.74) is 0. The van der Waals surface area contributed by atoms with Gasteiger partial charge in [0.25, 0.3) is 0 Å². The lowest BCUT2D eigenvalue weighted by atomic mass is 10.4. The van der Waals surface area contributed by atoms with Gasteiger partial charge < -0.3 is 0 Å². The molecule has 68 valence electrons. The number of rotatable bonds is 4. The van der Waals surface area contributed by atoms with Gasteiger partial charge in [0.1, 0.15) is 0 Å². The predicted octanol–water partition coefficient (Wildman–Crippen LogP) is 1.34. The van der Waals surface area contributed by atoms with Crippen LogP contribution in [-0.4, -0.2) is 32.2 Å². The van der Waals surface area contributed by atoms with Gasteiger partial charge in [0, 0.05) is 5.75 Å². The summed E-state index contributed by atoms with van der Waals surface area (Å²) in [6.45, 7) is 2.07. The van der Waals surface area contributed by atoms with Crippen molar-refractivity contribution in [2.24, 2.45) is 0 Å². The van der Waals surface area contributed by atoms with E-state index in [0.29, 0.717) is 11.9 Å². The lowest BCUT2D eigenvalue weighted by Crippen LogP contribution is -2.12. The molecule has 0 saturated carbocycles. The first-order chi connectivity index (χ1) is 5.79. The summed E-state index contributed by atoms with van der Waals surface area (Å²) in [4.78, 5) is 0. The van der Waals surface area contributed by atoms with E-state index in [-0.39, 0.29) is 0 Å². The Bertz CT molecular complexity index is 239. The summed E-state index contributed by atoms with van der Waals surface area (Å²) < 4.78 is 1.77. The van der Waals surface area contributed by atoms with Crippen LogP contribution in [-0.2, 0) is 5.88 Å². The van der Waals surface area contributed by atoms with Gasteiger partial charge in [-0.25, -0.2) is 4.68 Å². The number of halogens is 1. The molecule has 0 spiro atoms. The van der Waals surface area contributed by atoms with Crippen LogP contribution in [0, 0.1) is 0 Å². The van der Waals surface area contributed by atoms with Crippen LogP contribution in [0.25, 0.3) is 0 Å². The smallest absolute Gasteiger partial charge is 0.166 e. The molecule has 1 rings (SSSR count). The predicted molar refractivity (Wildman–Crippen MR) is 50.5 cm³/mol. The SMILES string of the molecule is CSCC(C)n1nnnc1CCl. The maximum absolute atomic E-state index is 5.65. The van der Waals surface area contributed by atoms with Crippen LogP contribution in [0.1, 0.15) is 18.8 Å². The molecule has 4 nitrogen and oxygen atoms in total. The van der Waals surface area contributed by atoms with E-state index in [0.717, 1.165) is 11.6 Å². The highest BCUT2D eigenvalue weighted by atomic mass is 35.5. The first kappa shape index (κ1) is 9.80. The summed E-state index contributed by atoms with van der Waals surface area (Å²) in [6, 6.07) is 0.309. The van der Waals surface area contributed by atoms with Crippen molar-refractivity contribution < 1.29 is 0 Å². The number of alkyl halides is 1. The molecule has 1 heterocycles. The fraction of sp³-hybridized carbons (Fsp3) is 0.833. The van der Waals surface area contributed by atoms with Crippen LogP contribution < -0.4 is 0 Å². The molecule has 0 amide bonds. The zero-order chi connectivity index (χ0) is 8.97. The Morgan fingerprint density at radius 3 is 3.00 bits per heavy atom. The summed E-state index contributed by atoms with van der Waals surface area (Å²) in [6.07, 6.45) is 2.06. The second kappa shape index (κ2) is 4.67. The summed E-state index contributed by atoms with van der Waals surface area (Å²) in [5.74, 6) is 2.10. The number of tetrazole rings is 1. The van der Waals surface area contributed by atoms with E-state index in [4.69, 9.17) is 11.6 Å². The molecule has 0 aliphatic rings. The maximum atomic E-state index is 5.65. The topological polar surface area (TPSA) is 43.6 Å². The van der Waals surface area contributed by atoms with Gasteiger partial charge >= 0.3 is 0 Å². The van der Waals surface area contributed by atoms with Gasteiger partial charge in [-0.05, 0) is 23.6 Å². The third kappa shape index (κ3) is 2.10. The Labute approximate surface area is 80.7 Å². The van der Waals surface area contributed by atoms with Crippen molar-refractivity contribution in [3.8, 4) is 0 Å². The van der Waals surface area contributed by atoms with Gasteiger partial charge in [0.05, 0.1) is 11.9 Å². The average Bonchev–Trinajstić information content (AvgIpc) is 2.51. The van der Waals surface area contributed by atoms with Crippen molar-refractivity contribution in [3.05, 3.63) is 5.82 Å². The molecule has 0 aromatic carbocycles. The normalized spacial score (nSPS) is 13.2. The Balaban J connectivity index is 2.71. The molecule has 0 saturated heterocycles. The van der Waals surface area contributed by atoms with E-state index in [1.807, 2.05) is 0 Å². The van der Waals surface area contributed by atoms with Crippen LogP contribution >= 0.6 is 23.4 Å². The molecule has 1 atom stereocenters. The fourth-order valence-corrected chi connectivity index (χ4v) is 1.75. The third-order valence-electron chi connectivity index (χ3n) is 1.51. The second-order valence-electron chi connectivity index (χ2n) is 2.48. The van der Waals surface area contributed by atoms with Gasteiger partial charge in [0.15, 0.2) is 5.82 Å². The molecule has 0 aliphatic heterocycles. The third-order valence-corrected chi connectivity index (χ3v) is 2.56. The van der Waals surface area contributed by atoms with Gasteiger partial charge in [0.2, 0.25) is 0 Å². The zero-order valence-electron chi connectivity index (χ0n) is 7.07. The van der Waals surface area contributed by atoms with E-state index in [1.165, 1.54) is 0 Å². The van der Waals surface area contributed by atoms with Crippen molar-refractivity contribution >= 4 is 23.4 Å². The van der Waals surface area contributed by atoms with Crippen LogP contribution in [0.3, 0.4) is 0 Å². The van der Waals surface area contributed by atoms with E-state index in [1.54, 1.807) is 16.4 Å². The van der Waals surface area contributed by atoms with E-state index >= 15 is 0 Å². The summed E-state index contributed by atoms with van der Waals surface area (Å²) >= 11 is 7.42. The maximum Gasteiger partial charge on any atom is 0.166 e. The van der Waals surface area contributed by atoms with Crippen molar-refractivity contribution in [1.29, 1.82) is 0 Å². The molecule has 0 N–H and O–H groups in total. The fourth-order valence-electron chi connectivity index (χ4n) is 0.954. The molecule has 0 fully saturated rings. The molecule has 1 aromatic heterocycles. The minimum atomic E-state index is 0.309. The first-order valence-corrected chi connectivity index (χ1v) is 5.54. The average molecular weight is 207 g/mol. The van der Waals surface area contributed by atoms with Gasteiger partial charge in [-0.1, -0.05) is 0 Å². The summed E-state index contributed by atoms with van der Waals surface area (Å²) in [5, 5.41) is 11.2. The lowest BCUT2D eigenvalue weighted by molar-refractivity contribution is 0.507. The molecule has 1 unspecified atom stereocenters. The molecular formula is C6H11ClN4S. The second-order valence-corrected chi connectivity index (χ2v) is 3.66. The number of aromatic nitrogens is 4. The van der Waals surface area contributed by atoms with Crippen LogP contribution in [0.2, 0.25) is 0 Å². The minimum Gasteiger partial charge on any atom is -0.225 e. The van der Waals surface area contributed by atoms with Gasteiger partial charge in [-0.2, -0.15) is 11.8 Å². The minimum absolute atomic E-state index is 0.309. The molecule has 0 bridgehead atoms. The molecule has 1 aromatic rings. The van der Waals surface area contributed by atoms with Gasteiger partial charge in [-0.3, -0.25) is 0 Å². The highest BCUT2D eigenvalue weighted by Gasteiger charge is 2.10. The zero-order valence-corrected chi connectivity index (χ0v) is 8.64. The standard InChI is InChI=1S/C6H11ClN4S/c1-5(4-12-2)11-6(3-7)8-9-10-11/h5H,3-4H2,1-2H3. The molecule has 0 radical (unpaired) electrons. The van der Waals surface area contributed by atoms with Crippen LogP contribution in [0.4, 0.5) is 0 Å². The Kier molecular flexibility index (Phi) is 3.81. The van der Waals surface area contributed by atoms with Gasteiger partial charge in [-0.15, -0.1) is 16.7 Å². The quantitative estimate of drug-likeness (QED) is 0.698. The lowest BCUT2D eigenvalue weighted by Gasteiger charge is -2.09. The van der Waals surface area contributed by atoms with E-state index < -0.39 is 0 Å². The van der Waals surface area contributed by atoms with Crippen LogP contribution in [0.5, 0.6) is 0 Å². The number of nitrogens with zero attached hydrogens (tertiary/aromatic N) is 4. The molecule has 6 heteroatoms. The highest BCUT2D eigenvalue weighted by molar-refractivity contribution is 7.98. The van der Waals surface area contributed by atoms with Crippen molar-refractivity contribution in [2.45, 2.75) is 18.8 Å². The van der Waals surface area contributed by atoms with E-state index in [9.17, 15) is 0 Å². The number of hydrogen-bond donors (Lipinski definition) is 0. The Morgan fingerprint density at radius 1 is 1.67 bits per heavy atom. The van der Waals surface area contributed by atoms with E-state index in [2.05, 4.69) is 28.7 Å². The molecular weight excluding hydrogens is 196 g/mol. The molecule has 12 heavy (non-hydrogen) atoms.